The number of hydrogen-bond acceptors (Lipinski definition) is 6. The largest absolute Gasteiger partial charge is 0.449 e. The lowest BCUT2D eigenvalue weighted by Gasteiger charge is -2.34. The number of rotatable bonds is 7. The van der Waals surface area contributed by atoms with Crippen LogP contribution in [0.25, 0.3) is 0 Å². The molecule has 34 heavy (non-hydrogen) atoms. The third kappa shape index (κ3) is 6.00. The second-order valence-electron chi connectivity index (χ2n) is 8.77. The van der Waals surface area contributed by atoms with Crippen LogP contribution >= 0.6 is 0 Å². The minimum absolute atomic E-state index is 0.107. The average Bonchev–Trinajstić information content (AvgIpc) is 2.78. The molecule has 0 aromatic heterocycles. The van der Waals surface area contributed by atoms with E-state index in [1.807, 2.05) is 13.8 Å². The molecule has 0 aliphatic carbocycles. The third-order valence-electron chi connectivity index (χ3n) is 5.65. The van der Waals surface area contributed by atoms with Crippen LogP contribution in [0, 0.1) is 11.8 Å². The van der Waals surface area contributed by atoms with E-state index in [4.69, 9.17) is 10.5 Å². The molecule has 0 spiro atoms. The van der Waals surface area contributed by atoms with E-state index in [0.29, 0.717) is 24.3 Å². The van der Waals surface area contributed by atoms with Crippen molar-refractivity contribution >= 4 is 33.5 Å². The van der Waals surface area contributed by atoms with Crippen LogP contribution in [0.5, 0.6) is 0 Å². The van der Waals surface area contributed by atoms with Crippen molar-refractivity contribution in [3.8, 4) is 0 Å². The SMILES string of the molecule is CC1CC(C)CN(S(=O)(=O)c2ccc(C(=O)OC(C)C(=O)Nc3ccc(C(N)=O)cc3)cc2)C1. The quantitative estimate of drug-likeness (QED) is 0.576. The Hall–Kier alpha value is -3.24. The topological polar surface area (TPSA) is 136 Å². The molecule has 2 aromatic carbocycles. The molecule has 3 rings (SSSR count). The monoisotopic (exact) mass is 487 g/mol. The van der Waals surface area contributed by atoms with E-state index in [-0.39, 0.29) is 22.3 Å². The van der Waals surface area contributed by atoms with Gasteiger partial charge in [0, 0.05) is 24.3 Å². The Morgan fingerprint density at radius 3 is 2.03 bits per heavy atom. The number of anilines is 1. The molecule has 0 bridgehead atoms. The molecule has 9 nitrogen and oxygen atoms in total. The van der Waals surface area contributed by atoms with Gasteiger partial charge in [-0.15, -0.1) is 0 Å². The molecule has 1 aliphatic heterocycles. The minimum Gasteiger partial charge on any atom is -0.449 e. The van der Waals surface area contributed by atoms with Gasteiger partial charge in [0.15, 0.2) is 6.10 Å². The van der Waals surface area contributed by atoms with E-state index in [2.05, 4.69) is 5.32 Å². The van der Waals surface area contributed by atoms with E-state index in [9.17, 15) is 22.8 Å². The van der Waals surface area contributed by atoms with Crippen LogP contribution < -0.4 is 11.1 Å². The molecule has 0 radical (unpaired) electrons. The van der Waals surface area contributed by atoms with Gasteiger partial charge in [-0.25, -0.2) is 13.2 Å². The second-order valence-corrected chi connectivity index (χ2v) is 10.7. The van der Waals surface area contributed by atoms with Crippen molar-refractivity contribution in [1.29, 1.82) is 0 Å². The number of sulfonamides is 1. The van der Waals surface area contributed by atoms with Gasteiger partial charge in [0.25, 0.3) is 5.91 Å². The van der Waals surface area contributed by atoms with Gasteiger partial charge < -0.3 is 15.8 Å². The van der Waals surface area contributed by atoms with Crippen molar-refractivity contribution in [2.75, 3.05) is 18.4 Å². The third-order valence-corrected chi connectivity index (χ3v) is 7.50. The van der Waals surface area contributed by atoms with Gasteiger partial charge in [-0.2, -0.15) is 4.31 Å². The summed E-state index contributed by atoms with van der Waals surface area (Å²) in [6, 6.07) is 11.5. The lowest BCUT2D eigenvalue weighted by molar-refractivity contribution is -0.123. The first-order valence-electron chi connectivity index (χ1n) is 11.0. The number of hydrogen-bond donors (Lipinski definition) is 2. The maximum Gasteiger partial charge on any atom is 0.338 e. The lowest BCUT2D eigenvalue weighted by Crippen LogP contribution is -2.42. The number of nitrogens with zero attached hydrogens (tertiary/aromatic N) is 1. The molecule has 1 saturated heterocycles. The molecule has 2 amide bonds. The Morgan fingerprint density at radius 2 is 1.50 bits per heavy atom. The van der Waals surface area contributed by atoms with Crippen LogP contribution in [0.3, 0.4) is 0 Å². The summed E-state index contributed by atoms with van der Waals surface area (Å²) in [6.07, 6.45) is -0.121. The number of carbonyl (C=O) groups is 3. The Kier molecular flexibility index (Phi) is 7.73. The van der Waals surface area contributed by atoms with Crippen molar-refractivity contribution in [2.45, 2.75) is 38.2 Å². The number of benzene rings is 2. The Labute approximate surface area is 199 Å². The maximum atomic E-state index is 13.0. The van der Waals surface area contributed by atoms with Gasteiger partial charge in [-0.05, 0) is 73.7 Å². The molecule has 10 heteroatoms. The van der Waals surface area contributed by atoms with Crippen molar-refractivity contribution < 1.29 is 27.5 Å². The highest BCUT2D eigenvalue weighted by molar-refractivity contribution is 7.89. The van der Waals surface area contributed by atoms with Gasteiger partial charge in [0.2, 0.25) is 15.9 Å². The van der Waals surface area contributed by atoms with E-state index in [0.717, 1.165) is 6.42 Å². The second kappa shape index (κ2) is 10.4. The molecule has 2 aromatic rings. The number of esters is 1. The standard InChI is InChI=1S/C24H29N3O6S/c1-15-12-16(2)14-27(13-15)34(31,32)21-10-6-19(7-11-21)24(30)33-17(3)23(29)26-20-8-4-18(5-9-20)22(25)28/h4-11,15-17H,12-14H2,1-3H3,(H2,25,28)(H,26,29). The van der Waals surface area contributed by atoms with Crippen LogP contribution in [-0.4, -0.2) is 49.7 Å². The van der Waals surface area contributed by atoms with Gasteiger partial charge in [0.1, 0.15) is 0 Å². The predicted octanol–water partition coefficient (Wildman–Crippen LogP) is 2.64. The van der Waals surface area contributed by atoms with E-state index in [1.54, 1.807) is 0 Å². The molecular weight excluding hydrogens is 458 g/mol. The number of amides is 2. The van der Waals surface area contributed by atoms with Gasteiger partial charge in [0.05, 0.1) is 10.5 Å². The Bertz CT molecular complexity index is 1150. The first-order chi connectivity index (χ1) is 16.0. The molecule has 1 heterocycles. The molecule has 3 unspecified atom stereocenters. The molecule has 182 valence electrons. The summed E-state index contributed by atoms with van der Waals surface area (Å²) in [5.41, 5.74) is 6.02. The molecular formula is C24H29N3O6S. The zero-order valence-electron chi connectivity index (χ0n) is 19.4. The number of nitrogens with two attached hydrogens (primary N) is 1. The van der Waals surface area contributed by atoms with Gasteiger partial charge >= 0.3 is 5.97 Å². The van der Waals surface area contributed by atoms with Crippen LogP contribution in [-0.2, 0) is 19.6 Å². The Balaban J connectivity index is 1.61. The normalized spacial score (nSPS) is 19.7. The van der Waals surface area contributed by atoms with E-state index >= 15 is 0 Å². The summed E-state index contributed by atoms with van der Waals surface area (Å²) in [5.74, 6) is -1.34. The highest BCUT2D eigenvalue weighted by Crippen LogP contribution is 2.27. The molecule has 3 atom stereocenters. The maximum absolute atomic E-state index is 13.0. The molecule has 3 N–H and O–H groups in total. The van der Waals surface area contributed by atoms with E-state index < -0.39 is 33.9 Å². The summed E-state index contributed by atoms with van der Waals surface area (Å²) < 4.78 is 32.7. The summed E-state index contributed by atoms with van der Waals surface area (Å²) in [7, 11) is -3.66. The number of nitrogens with one attached hydrogen (secondary N) is 1. The van der Waals surface area contributed by atoms with Crippen LogP contribution in [0.4, 0.5) is 5.69 Å². The summed E-state index contributed by atoms with van der Waals surface area (Å²) in [5, 5.41) is 2.58. The molecule has 1 aliphatic rings. The van der Waals surface area contributed by atoms with E-state index in [1.165, 1.54) is 59.8 Å². The van der Waals surface area contributed by atoms with Crippen LogP contribution in [0.2, 0.25) is 0 Å². The predicted molar refractivity (Wildman–Crippen MR) is 127 cm³/mol. The average molecular weight is 488 g/mol. The van der Waals surface area contributed by atoms with Crippen LogP contribution in [0.1, 0.15) is 47.9 Å². The fourth-order valence-corrected chi connectivity index (χ4v) is 5.64. The van der Waals surface area contributed by atoms with Crippen LogP contribution in [0.15, 0.2) is 53.4 Å². The lowest BCUT2D eigenvalue weighted by atomic mass is 9.94. The molecule has 0 saturated carbocycles. The fraction of sp³-hybridized carbons (Fsp3) is 0.375. The first-order valence-corrected chi connectivity index (χ1v) is 12.4. The zero-order chi connectivity index (χ0) is 25.0. The van der Waals surface area contributed by atoms with Gasteiger partial charge in [-0.1, -0.05) is 13.8 Å². The molecule has 1 fully saturated rings. The highest BCUT2D eigenvalue weighted by Gasteiger charge is 2.31. The minimum atomic E-state index is -3.66. The summed E-state index contributed by atoms with van der Waals surface area (Å²) >= 11 is 0. The van der Waals surface area contributed by atoms with Gasteiger partial charge in [-0.3, -0.25) is 9.59 Å². The number of ether oxygens (including phenoxy) is 1. The van der Waals surface area contributed by atoms with Crippen molar-refractivity contribution in [2.24, 2.45) is 17.6 Å². The van der Waals surface area contributed by atoms with Crippen molar-refractivity contribution in [3.63, 3.8) is 0 Å². The number of carbonyl (C=O) groups excluding carboxylic acids is 3. The fourth-order valence-electron chi connectivity index (χ4n) is 3.96. The zero-order valence-corrected chi connectivity index (χ0v) is 20.2. The number of primary amides is 1. The summed E-state index contributed by atoms with van der Waals surface area (Å²) in [6.45, 7) is 6.42. The summed E-state index contributed by atoms with van der Waals surface area (Å²) in [4.78, 5) is 36.0. The number of piperidine rings is 1. The van der Waals surface area contributed by atoms with Crippen molar-refractivity contribution in [3.05, 3.63) is 59.7 Å². The first kappa shape index (κ1) is 25.4. The highest BCUT2D eigenvalue weighted by atomic mass is 32.2. The smallest absolute Gasteiger partial charge is 0.338 e. The Morgan fingerprint density at radius 1 is 0.971 bits per heavy atom. The van der Waals surface area contributed by atoms with Crippen molar-refractivity contribution in [1.82, 2.24) is 4.31 Å².